The number of benzene rings is 1. The normalized spacial score (nSPS) is 33.4. The lowest BCUT2D eigenvalue weighted by Crippen LogP contribution is -2.57. The molecule has 1 N–H and O–H groups in total. The van der Waals surface area contributed by atoms with Crippen molar-refractivity contribution in [2.75, 3.05) is 25.0 Å². The Balaban J connectivity index is 1.49. The van der Waals surface area contributed by atoms with Crippen LogP contribution in [0.15, 0.2) is 24.3 Å². The predicted octanol–water partition coefficient (Wildman–Crippen LogP) is 3.06. The minimum absolute atomic E-state index is 0.498. The third-order valence-electron chi connectivity index (χ3n) is 5.54. The lowest BCUT2D eigenvalue weighted by molar-refractivity contribution is -0.101. The molecule has 3 aliphatic rings. The van der Waals surface area contributed by atoms with Gasteiger partial charge in [0, 0.05) is 30.9 Å². The van der Waals surface area contributed by atoms with Crippen molar-refractivity contribution in [1.82, 2.24) is 4.90 Å². The van der Waals surface area contributed by atoms with Crippen LogP contribution in [-0.4, -0.2) is 42.8 Å². The van der Waals surface area contributed by atoms with Crippen molar-refractivity contribution < 1.29 is 4.74 Å². The zero-order valence-corrected chi connectivity index (χ0v) is 12.8. The zero-order chi connectivity index (χ0) is 14.1. The first-order valence-corrected chi connectivity index (χ1v) is 8.61. The molecule has 1 aromatic carbocycles. The Bertz CT molecular complexity index is 461. The van der Waals surface area contributed by atoms with Crippen LogP contribution in [0.2, 0.25) is 0 Å². The molecule has 0 spiro atoms. The van der Waals surface area contributed by atoms with Crippen molar-refractivity contribution in [3.05, 3.63) is 29.8 Å². The Kier molecular flexibility index (Phi) is 3.87. The van der Waals surface area contributed by atoms with Crippen molar-refractivity contribution >= 4 is 5.69 Å². The van der Waals surface area contributed by atoms with Crippen molar-refractivity contribution in [3.63, 3.8) is 0 Å². The molecule has 3 atom stereocenters. The molecule has 0 aromatic heterocycles. The second kappa shape index (κ2) is 5.98. The Morgan fingerprint density at radius 2 is 2.00 bits per heavy atom. The molecular formula is C18H26N2O. The van der Waals surface area contributed by atoms with Crippen molar-refractivity contribution in [2.24, 2.45) is 0 Å². The van der Waals surface area contributed by atoms with Crippen LogP contribution in [-0.2, 0) is 11.2 Å². The van der Waals surface area contributed by atoms with E-state index in [-0.39, 0.29) is 0 Å². The van der Waals surface area contributed by atoms with E-state index >= 15 is 0 Å². The van der Waals surface area contributed by atoms with Crippen LogP contribution < -0.4 is 5.32 Å². The van der Waals surface area contributed by atoms with Gasteiger partial charge in [-0.15, -0.1) is 0 Å². The van der Waals surface area contributed by atoms with Gasteiger partial charge in [-0.05, 0) is 37.3 Å². The minimum atomic E-state index is 0.498. The topological polar surface area (TPSA) is 24.5 Å². The summed E-state index contributed by atoms with van der Waals surface area (Å²) in [6.07, 6.45) is 8.29. The maximum atomic E-state index is 6.03. The van der Waals surface area contributed by atoms with Crippen LogP contribution in [0.3, 0.4) is 0 Å². The molecule has 0 amide bonds. The maximum Gasteiger partial charge on any atom is 0.0731 e. The Labute approximate surface area is 127 Å². The van der Waals surface area contributed by atoms with Crippen LogP contribution in [0.25, 0.3) is 0 Å². The van der Waals surface area contributed by atoms with Gasteiger partial charge in [-0.2, -0.15) is 0 Å². The monoisotopic (exact) mass is 286 g/mol. The summed E-state index contributed by atoms with van der Waals surface area (Å²) >= 11 is 0. The molecule has 114 valence electrons. The highest BCUT2D eigenvalue weighted by molar-refractivity contribution is 5.52. The summed E-state index contributed by atoms with van der Waals surface area (Å²) < 4.78 is 6.03. The van der Waals surface area contributed by atoms with Gasteiger partial charge in [-0.3, -0.25) is 4.90 Å². The van der Waals surface area contributed by atoms with Crippen molar-refractivity contribution in [1.29, 1.82) is 0 Å². The highest BCUT2D eigenvalue weighted by Gasteiger charge is 2.37. The van der Waals surface area contributed by atoms with Crippen LogP contribution in [0.4, 0.5) is 5.69 Å². The molecule has 1 aliphatic carbocycles. The second-order valence-corrected chi connectivity index (χ2v) is 6.73. The van der Waals surface area contributed by atoms with Gasteiger partial charge in [0.15, 0.2) is 0 Å². The van der Waals surface area contributed by atoms with E-state index in [9.17, 15) is 0 Å². The minimum Gasteiger partial charge on any atom is -0.383 e. The van der Waals surface area contributed by atoms with E-state index in [1.165, 1.54) is 49.8 Å². The van der Waals surface area contributed by atoms with Gasteiger partial charge >= 0.3 is 0 Å². The van der Waals surface area contributed by atoms with E-state index in [1.807, 2.05) is 0 Å². The van der Waals surface area contributed by atoms with E-state index in [0.717, 1.165) is 19.7 Å². The van der Waals surface area contributed by atoms with Gasteiger partial charge in [-0.1, -0.05) is 31.0 Å². The molecular weight excluding hydrogens is 260 g/mol. The average molecular weight is 286 g/mol. The fourth-order valence-corrected chi connectivity index (χ4v) is 4.43. The summed E-state index contributed by atoms with van der Waals surface area (Å²) in [5.41, 5.74) is 2.82. The van der Waals surface area contributed by atoms with Crippen LogP contribution in [0.1, 0.15) is 37.7 Å². The number of para-hydroxylation sites is 1. The Morgan fingerprint density at radius 1 is 1.10 bits per heavy atom. The lowest BCUT2D eigenvalue weighted by Gasteiger charge is -2.47. The number of morpholine rings is 1. The molecule has 3 nitrogen and oxygen atoms in total. The number of nitrogens with one attached hydrogen (secondary N) is 1. The van der Waals surface area contributed by atoms with E-state index in [4.69, 9.17) is 4.74 Å². The van der Waals surface area contributed by atoms with E-state index in [0.29, 0.717) is 18.2 Å². The highest BCUT2D eigenvalue weighted by Crippen LogP contribution is 2.32. The van der Waals surface area contributed by atoms with Crippen LogP contribution >= 0.6 is 0 Å². The number of rotatable bonds is 1. The first-order chi connectivity index (χ1) is 10.4. The first-order valence-electron chi connectivity index (χ1n) is 8.61. The average Bonchev–Trinajstić information content (AvgIpc) is 2.77. The molecule has 2 heterocycles. The van der Waals surface area contributed by atoms with Crippen LogP contribution in [0, 0.1) is 0 Å². The number of nitrogens with zero attached hydrogens (tertiary/aromatic N) is 1. The molecule has 3 heteroatoms. The van der Waals surface area contributed by atoms with Crippen molar-refractivity contribution in [3.8, 4) is 0 Å². The van der Waals surface area contributed by atoms with Crippen LogP contribution in [0.5, 0.6) is 0 Å². The van der Waals surface area contributed by atoms with E-state index < -0.39 is 0 Å². The smallest absolute Gasteiger partial charge is 0.0731 e. The van der Waals surface area contributed by atoms with Gasteiger partial charge in [0.2, 0.25) is 0 Å². The fourth-order valence-electron chi connectivity index (χ4n) is 4.43. The molecule has 1 aromatic rings. The highest BCUT2D eigenvalue weighted by atomic mass is 16.5. The Morgan fingerprint density at radius 3 is 3.00 bits per heavy atom. The number of aryl methyl sites for hydroxylation is 1. The maximum absolute atomic E-state index is 6.03. The lowest BCUT2D eigenvalue weighted by atomic mass is 9.88. The molecule has 0 radical (unpaired) electrons. The number of hydrogen-bond donors (Lipinski definition) is 1. The third kappa shape index (κ3) is 2.69. The van der Waals surface area contributed by atoms with Gasteiger partial charge in [0.25, 0.3) is 0 Å². The number of fused-ring (bicyclic) bond motifs is 2. The van der Waals surface area contributed by atoms with Gasteiger partial charge in [0.05, 0.1) is 12.7 Å². The summed E-state index contributed by atoms with van der Waals surface area (Å²) in [5.74, 6) is 0. The molecule has 2 fully saturated rings. The third-order valence-corrected chi connectivity index (χ3v) is 5.54. The standard InChI is InChI=1S/C18H26N2O/c1-2-6-16-14(5-1)9-10-15(13-19-16)20-11-12-21-18-8-4-3-7-17(18)20/h1-2,5-6,15,17-19H,3-4,7-13H2. The van der Waals surface area contributed by atoms with E-state index in [2.05, 4.69) is 34.5 Å². The molecule has 1 saturated carbocycles. The number of anilines is 1. The molecule has 21 heavy (non-hydrogen) atoms. The van der Waals surface area contributed by atoms with Gasteiger partial charge in [-0.25, -0.2) is 0 Å². The molecule has 2 aliphatic heterocycles. The fraction of sp³-hybridized carbons (Fsp3) is 0.667. The second-order valence-electron chi connectivity index (χ2n) is 6.73. The molecule has 1 saturated heterocycles. The summed E-state index contributed by atoms with van der Waals surface area (Å²) in [6.45, 7) is 3.12. The summed E-state index contributed by atoms with van der Waals surface area (Å²) in [7, 11) is 0. The summed E-state index contributed by atoms with van der Waals surface area (Å²) in [5, 5.41) is 3.69. The SMILES string of the molecule is c1ccc2c(c1)CCC(N1CCOC3CCCCC31)CN2. The molecule has 3 unspecified atom stereocenters. The molecule has 4 rings (SSSR count). The predicted molar refractivity (Wildman–Crippen MR) is 85.7 cm³/mol. The Hall–Kier alpha value is -1.06. The van der Waals surface area contributed by atoms with E-state index in [1.54, 1.807) is 0 Å². The quantitative estimate of drug-likeness (QED) is 0.859. The largest absolute Gasteiger partial charge is 0.383 e. The summed E-state index contributed by atoms with van der Waals surface area (Å²) in [4.78, 5) is 2.77. The molecule has 0 bridgehead atoms. The van der Waals surface area contributed by atoms with Gasteiger partial charge in [0.1, 0.15) is 0 Å². The van der Waals surface area contributed by atoms with Gasteiger partial charge < -0.3 is 10.1 Å². The zero-order valence-electron chi connectivity index (χ0n) is 12.8. The summed E-state index contributed by atoms with van der Waals surface area (Å²) in [6, 6.07) is 10.1. The number of hydrogen-bond acceptors (Lipinski definition) is 3. The van der Waals surface area contributed by atoms with Crippen molar-refractivity contribution in [2.45, 2.75) is 56.7 Å². The number of ether oxygens (including phenoxy) is 1. The first kappa shape index (κ1) is 13.6.